The van der Waals surface area contributed by atoms with Gasteiger partial charge in [0.05, 0.1) is 13.2 Å². The fourth-order valence-corrected chi connectivity index (χ4v) is 2.94. The molecule has 1 aliphatic rings. The summed E-state index contributed by atoms with van der Waals surface area (Å²) in [4.78, 5) is 24.7. The molecule has 23 heavy (non-hydrogen) atoms. The molecule has 3 atom stereocenters. The molecule has 1 aliphatic heterocycles. The van der Waals surface area contributed by atoms with E-state index in [1.165, 1.54) is 7.11 Å². The molecule has 0 unspecified atom stereocenters. The number of ether oxygens (including phenoxy) is 2. The molecule has 2 aromatic carbocycles. The summed E-state index contributed by atoms with van der Waals surface area (Å²) < 4.78 is 11.0. The Morgan fingerprint density at radius 2 is 1.57 bits per heavy atom. The van der Waals surface area contributed by atoms with Crippen molar-refractivity contribution in [2.24, 2.45) is 5.92 Å². The van der Waals surface area contributed by atoms with Gasteiger partial charge < -0.3 is 9.47 Å². The third-order valence-electron chi connectivity index (χ3n) is 4.10. The van der Waals surface area contributed by atoms with Crippen LogP contribution in [0.25, 0.3) is 0 Å². The predicted octanol–water partition coefficient (Wildman–Crippen LogP) is 3.25. The van der Waals surface area contributed by atoms with Crippen LogP contribution in [0.2, 0.25) is 0 Å². The normalized spacial score (nSPS) is 24.2. The van der Waals surface area contributed by atoms with Gasteiger partial charge in [-0.15, -0.1) is 0 Å². The zero-order valence-electron chi connectivity index (χ0n) is 12.8. The molecule has 2 aromatic rings. The molecule has 4 heteroatoms. The second kappa shape index (κ2) is 6.75. The van der Waals surface area contributed by atoms with E-state index in [2.05, 4.69) is 0 Å². The number of ketones is 1. The lowest BCUT2D eigenvalue weighted by atomic mass is 9.85. The number of hydrogen-bond donors (Lipinski definition) is 0. The van der Waals surface area contributed by atoms with Crippen molar-refractivity contribution < 1.29 is 19.1 Å². The number of rotatable bonds is 3. The molecule has 0 radical (unpaired) electrons. The van der Waals surface area contributed by atoms with Gasteiger partial charge in [-0.3, -0.25) is 9.59 Å². The van der Waals surface area contributed by atoms with E-state index in [0.29, 0.717) is 0 Å². The highest BCUT2D eigenvalue weighted by molar-refractivity contribution is 6.00. The molecule has 1 saturated heterocycles. The maximum atomic E-state index is 12.6. The topological polar surface area (TPSA) is 52.6 Å². The summed E-state index contributed by atoms with van der Waals surface area (Å²) >= 11 is 0. The van der Waals surface area contributed by atoms with Gasteiger partial charge in [-0.1, -0.05) is 60.7 Å². The molecule has 0 bridgehead atoms. The van der Waals surface area contributed by atoms with Gasteiger partial charge >= 0.3 is 5.97 Å². The minimum atomic E-state index is -0.914. The van der Waals surface area contributed by atoms with Crippen molar-refractivity contribution in [2.75, 3.05) is 7.11 Å². The smallest absolute Gasteiger partial charge is 0.319 e. The van der Waals surface area contributed by atoms with Crippen molar-refractivity contribution in [2.45, 2.75) is 18.6 Å². The van der Waals surface area contributed by atoms with E-state index in [0.717, 1.165) is 11.1 Å². The standard InChI is InChI=1S/C19H18O4/c1-22-19(21)17-15(20)12-16(13-8-4-2-5-9-13)23-18(17)14-10-6-3-7-11-14/h2-11,16-18H,12H2,1H3/t16-,17+,18-/m1/s1. The number of esters is 1. The average molecular weight is 310 g/mol. The van der Waals surface area contributed by atoms with E-state index in [9.17, 15) is 9.59 Å². The van der Waals surface area contributed by atoms with E-state index < -0.39 is 18.0 Å². The van der Waals surface area contributed by atoms with Crippen LogP contribution in [0.3, 0.4) is 0 Å². The first-order valence-corrected chi connectivity index (χ1v) is 7.56. The van der Waals surface area contributed by atoms with E-state index in [1.807, 2.05) is 60.7 Å². The molecule has 0 spiro atoms. The lowest BCUT2D eigenvalue weighted by Crippen LogP contribution is -2.38. The van der Waals surface area contributed by atoms with Crippen molar-refractivity contribution in [1.82, 2.24) is 0 Å². The third kappa shape index (κ3) is 3.17. The molecule has 4 nitrogen and oxygen atoms in total. The zero-order valence-corrected chi connectivity index (χ0v) is 12.8. The van der Waals surface area contributed by atoms with Crippen molar-refractivity contribution >= 4 is 11.8 Å². The summed E-state index contributed by atoms with van der Waals surface area (Å²) in [6.45, 7) is 0. The van der Waals surface area contributed by atoms with Gasteiger partial charge in [0.1, 0.15) is 12.0 Å². The Balaban J connectivity index is 1.95. The van der Waals surface area contributed by atoms with Gasteiger partial charge in [0.2, 0.25) is 0 Å². The van der Waals surface area contributed by atoms with Gasteiger partial charge in [0.25, 0.3) is 0 Å². The number of benzene rings is 2. The summed E-state index contributed by atoms with van der Waals surface area (Å²) in [5.41, 5.74) is 1.74. The Kier molecular flexibility index (Phi) is 4.53. The number of hydrogen-bond acceptors (Lipinski definition) is 4. The largest absolute Gasteiger partial charge is 0.468 e. The molecule has 1 heterocycles. The van der Waals surface area contributed by atoms with Crippen molar-refractivity contribution in [3.8, 4) is 0 Å². The summed E-state index contributed by atoms with van der Waals surface area (Å²) in [5, 5.41) is 0. The van der Waals surface area contributed by atoms with Gasteiger partial charge in [-0.05, 0) is 11.1 Å². The minimum Gasteiger partial charge on any atom is -0.468 e. The third-order valence-corrected chi connectivity index (χ3v) is 4.10. The van der Waals surface area contributed by atoms with Crippen LogP contribution in [0, 0.1) is 5.92 Å². The Labute approximate surface area is 135 Å². The van der Waals surface area contributed by atoms with Crippen LogP contribution in [-0.2, 0) is 19.1 Å². The van der Waals surface area contributed by atoms with Crippen LogP contribution >= 0.6 is 0 Å². The van der Waals surface area contributed by atoms with E-state index >= 15 is 0 Å². The molecule has 118 valence electrons. The average Bonchev–Trinajstić information content (AvgIpc) is 2.62. The fraction of sp³-hybridized carbons (Fsp3) is 0.263. The van der Waals surface area contributed by atoms with Crippen LogP contribution in [-0.4, -0.2) is 18.9 Å². The monoisotopic (exact) mass is 310 g/mol. The molecular weight excluding hydrogens is 292 g/mol. The van der Waals surface area contributed by atoms with E-state index in [1.54, 1.807) is 0 Å². The number of carbonyl (C=O) groups is 2. The van der Waals surface area contributed by atoms with Crippen LogP contribution < -0.4 is 0 Å². The SMILES string of the molecule is COC(=O)[C@H]1C(=O)C[C@H](c2ccccc2)O[C@@H]1c1ccccc1. The predicted molar refractivity (Wildman–Crippen MR) is 84.6 cm³/mol. The first kappa shape index (κ1) is 15.4. The van der Waals surface area contributed by atoms with Gasteiger partial charge in [-0.25, -0.2) is 0 Å². The van der Waals surface area contributed by atoms with Crippen LogP contribution in [0.5, 0.6) is 0 Å². The van der Waals surface area contributed by atoms with Gasteiger partial charge in [0.15, 0.2) is 5.78 Å². The molecule has 0 saturated carbocycles. The van der Waals surface area contributed by atoms with Crippen molar-refractivity contribution in [3.05, 3.63) is 71.8 Å². The maximum Gasteiger partial charge on any atom is 0.319 e. The Hall–Kier alpha value is -2.46. The first-order valence-electron chi connectivity index (χ1n) is 7.56. The number of methoxy groups -OCH3 is 1. The Bertz CT molecular complexity index is 681. The van der Waals surface area contributed by atoms with Crippen LogP contribution in [0.4, 0.5) is 0 Å². The lowest BCUT2D eigenvalue weighted by molar-refractivity contribution is -0.168. The van der Waals surface area contributed by atoms with E-state index in [-0.39, 0.29) is 18.3 Å². The Morgan fingerprint density at radius 3 is 2.13 bits per heavy atom. The van der Waals surface area contributed by atoms with Crippen LogP contribution in [0.15, 0.2) is 60.7 Å². The minimum absolute atomic E-state index is 0.147. The molecule has 0 aliphatic carbocycles. The van der Waals surface area contributed by atoms with Gasteiger partial charge in [0, 0.05) is 6.42 Å². The molecule has 0 N–H and O–H groups in total. The summed E-state index contributed by atoms with van der Waals surface area (Å²) in [7, 11) is 1.29. The zero-order chi connectivity index (χ0) is 16.2. The molecular formula is C19H18O4. The van der Waals surface area contributed by atoms with Crippen molar-refractivity contribution in [3.63, 3.8) is 0 Å². The first-order chi connectivity index (χ1) is 11.2. The highest BCUT2D eigenvalue weighted by Crippen LogP contribution is 2.40. The summed E-state index contributed by atoms with van der Waals surface area (Å²) in [6.07, 6.45) is -0.808. The fourth-order valence-electron chi connectivity index (χ4n) is 2.94. The maximum absolute atomic E-state index is 12.6. The number of carbonyl (C=O) groups excluding carboxylic acids is 2. The summed E-state index contributed by atoms with van der Waals surface area (Å²) in [5.74, 6) is -1.61. The highest BCUT2D eigenvalue weighted by atomic mass is 16.5. The highest BCUT2D eigenvalue weighted by Gasteiger charge is 2.43. The van der Waals surface area contributed by atoms with Crippen molar-refractivity contribution in [1.29, 1.82) is 0 Å². The second-order valence-corrected chi connectivity index (χ2v) is 5.54. The molecule has 0 amide bonds. The summed E-state index contributed by atoms with van der Waals surface area (Å²) in [6, 6.07) is 18.9. The molecule has 0 aromatic heterocycles. The second-order valence-electron chi connectivity index (χ2n) is 5.54. The van der Waals surface area contributed by atoms with Gasteiger partial charge in [-0.2, -0.15) is 0 Å². The quantitative estimate of drug-likeness (QED) is 0.645. The molecule has 3 rings (SSSR count). The van der Waals surface area contributed by atoms with Crippen LogP contribution in [0.1, 0.15) is 29.8 Å². The lowest BCUT2D eigenvalue weighted by Gasteiger charge is -2.34. The van der Waals surface area contributed by atoms with E-state index in [4.69, 9.17) is 9.47 Å². The molecule has 1 fully saturated rings. The number of Topliss-reactive ketones (excluding diaryl/α,β-unsaturated/α-hetero) is 1. The Morgan fingerprint density at radius 1 is 1.00 bits per heavy atom.